The highest BCUT2D eigenvalue weighted by atomic mass is 16.5. The van der Waals surface area contributed by atoms with Crippen LogP contribution >= 0.6 is 0 Å². The van der Waals surface area contributed by atoms with Gasteiger partial charge in [0.1, 0.15) is 12.4 Å². The molecule has 2 aromatic rings. The van der Waals surface area contributed by atoms with Gasteiger partial charge in [-0.15, -0.1) is 11.3 Å². The zero-order chi connectivity index (χ0) is 19.1. The van der Waals surface area contributed by atoms with Gasteiger partial charge in [-0.05, 0) is 54.3 Å². The maximum Gasteiger partial charge on any atom is 0.212 e. The number of ether oxygens (including phenoxy) is 1. The molecule has 1 unspecified atom stereocenters. The molecule has 1 aliphatic rings. The Hall–Kier alpha value is -2.84. The van der Waals surface area contributed by atoms with Crippen molar-refractivity contribution in [3.05, 3.63) is 64.6 Å². The number of hydrogen-bond donors (Lipinski definition) is 1. The molecule has 0 bridgehead atoms. The largest absolute Gasteiger partial charge is 0.491 e. The van der Waals surface area contributed by atoms with E-state index in [-0.39, 0.29) is 13.2 Å². The summed E-state index contributed by atoms with van der Waals surface area (Å²) in [7, 11) is 0. The molecule has 1 heterocycles. The van der Waals surface area contributed by atoms with Crippen molar-refractivity contribution >= 4 is 5.69 Å². The van der Waals surface area contributed by atoms with Gasteiger partial charge in [0.2, 0.25) is 5.54 Å². The van der Waals surface area contributed by atoms with Crippen LogP contribution in [0.1, 0.15) is 30.4 Å². The lowest BCUT2D eigenvalue weighted by Gasteiger charge is -2.29. The summed E-state index contributed by atoms with van der Waals surface area (Å²) in [5.41, 5.74) is 1.05. The Morgan fingerprint density at radius 2 is 1.63 bits per heavy atom. The summed E-state index contributed by atoms with van der Waals surface area (Å²) in [6.45, 7) is 2.26. The molecule has 1 saturated heterocycles. The third-order valence-corrected chi connectivity index (χ3v) is 4.98. The molecule has 0 radical (unpaired) electrons. The average molecular weight is 364 g/mol. The second-order valence-corrected chi connectivity index (χ2v) is 6.64. The second kappa shape index (κ2) is 8.70. The monoisotopic (exact) mass is 364 g/mol. The van der Waals surface area contributed by atoms with Gasteiger partial charge in [-0.1, -0.05) is 30.2 Å². The van der Waals surface area contributed by atoms with Gasteiger partial charge in [-0.3, -0.25) is 0 Å². The third kappa shape index (κ3) is 3.96. The maximum atomic E-state index is 11.8. The highest BCUT2D eigenvalue weighted by Gasteiger charge is 2.34. The molecule has 1 N–H and O–H groups in total. The van der Waals surface area contributed by atoms with E-state index >= 15 is 0 Å². The maximum absolute atomic E-state index is 11.8. The lowest BCUT2D eigenvalue weighted by molar-refractivity contribution is 0.201. The van der Waals surface area contributed by atoms with Crippen molar-refractivity contribution in [3.63, 3.8) is 0 Å². The molecular weight excluding hydrogens is 340 g/mol. The SMILES string of the molecule is C#CC(N=O)(c1ccc(OCCO)cc1)c1ccc(N2CCCCC2)cc1. The van der Waals surface area contributed by atoms with Gasteiger partial charge in [-0.25, -0.2) is 0 Å². The first-order valence-corrected chi connectivity index (χ1v) is 9.25. The number of rotatable bonds is 7. The van der Waals surface area contributed by atoms with E-state index < -0.39 is 5.54 Å². The van der Waals surface area contributed by atoms with Gasteiger partial charge in [-0.2, -0.15) is 0 Å². The quantitative estimate of drug-likeness (QED) is 0.601. The summed E-state index contributed by atoms with van der Waals surface area (Å²) >= 11 is 0. The Kier molecular flexibility index (Phi) is 6.10. The topological polar surface area (TPSA) is 62.1 Å². The Morgan fingerprint density at radius 1 is 1.04 bits per heavy atom. The molecule has 5 nitrogen and oxygen atoms in total. The minimum Gasteiger partial charge on any atom is -0.491 e. The van der Waals surface area contributed by atoms with Crippen LogP contribution in [-0.4, -0.2) is 31.4 Å². The first-order chi connectivity index (χ1) is 13.2. The van der Waals surface area contributed by atoms with Crippen molar-refractivity contribution in [2.24, 2.45) is 5.18 Å². The number of hydrogen-bond acceptors (Lipinski definition) is 5. The summed E-state index contributed by atoms with van der Waals surface area (Å²) < 4.78 is 5.36. The molecule has 0 aliphatic carbocycles. The molecule has 0 aromatic heterocycles. The lowest BCUT2D eigenvalue weighted by Crippen LogP contribution is -2.29. The predicted octanol–water partition coefficient (Wildman–Crippen LogP) is 3.69. The van der Waals surface area contributed by atoms with E-state index in [2.05, 4.69) is 16.0 Å². The van der Waals surface area contributed by atoms with Crippen LogP contribution in [0.2, 0.25) is 0 Å². The Bertz CT molecular complexity index is 790. The highest BCUT2D eigenvalue weighted by Crippen LogP contribution is 2.35. The van der Waals surface area contributed by atoms with Crippen LogP contribution in [0.15, 0.2) is 53.7 Å². The van der Waals surface area contributed by atoms with Crippen molar-refractivity contribution in [3.8, 4) is 18.1 Å². The molecule has 27 heavy (non-hydrogen) atoms. The molecular formula is C22H24N2O3. The van der Waals surface area contributed by atoms with E-state index in [9.17, 15) is 4.91 Å². The fourth-order valence-corrected chi connectivity index (χ4v) is 3.49. The van der Waals surface area contributed by atoms with Crippen molar-refractivity contribution < 1.29 is 9.84 Å². The molecule has 140 valence electrons. The van der Waals surface area contributed by atoms with Gasteiger partial charge >= 0.3 is 0 Å². The number of aliphatic hydroxyl groups excluding tert-OH is 1. The summed E-state index contributed by atoms with van der Waals surface area (Å²) in [4.78, 5) is 14.2. The number of nitroso groups, excluding NO2 is 1. The third-order valence-electron chi connectivity index (χ3n) is 4.98. The zero-order valence-electron chi connectivity index (χ0n) is 15.3. The normalized spacial score (nSPS) is 16.2. The smallest absolute Gasteiger partial charge is 0.212 e. The number of aliphatic hydroxyl groups is 1. The van der Waals surface area contributed by atoms with E-state index in [1.54, 1.807) is 24.3 Å². The predicted molar refractivity (Wildman–Crippen MR) is 107 cm³/mol. The zero-order valence-corrected chi connectivity index (χ0v) is 15.3. The summed E-state index contributed by atoms with van der Waals surface area (Å²) in [6.07, 6.45) is 9.45. The number of benzene rings is 2. The summed E-state index contributed by atoms with van der Waals surface area (Å²) in [6, 6.07) is 14.7. The van der Waals surface area contributed by atoms with Crippen LogP contribution in [0.5, 0.6) is 5.75 Å². The summed E-state index contributed by atoms with van der Waals surface area (Å²) in [5, 5.41) is 12.2. The molecule has 1 fully saturated rings. The van der Waals surface area contributed by atoms with E-state index in [4.69, 9.17) is 16.3 Å². The molecule has 1 aliphatic heterocycles. The fourth-order valence-electron chi connectivity index (χ4n) is 3.49. The Labute approximate surface area is 159 Å². The van der Waals surface area contributed by atoms with Crippen LogP contribution in [0.3, 0.4) is 0 Å². The molecule has 5 heteroatoms. The molecule has 0 amide bonds. The highest BCUT2D eigenvalue weighted by molar-refractivity contribution is 5.54. The number of anilines is 1. The van der Waals surface area contributed by atoms with Gasteiger partial charge in [0.25, 0.3) is 0 Å². The number of nitrogens with zero attached hydrogens (tertiary/aromatic N) is 2. The number of terminal acetylenes is 1. The van der Waals surface area contributed by atoms with Crippen LogP contribution in [-0.2, 0) is 5.54 Å². The second-order valence-electron chi connectivity index (χ2n) is 6.64. The van der Waals surface area contributed by atoms with Gasteiger partial charge < -0.3 is 14.7 Å². The van der Waals surface area contributed by atoms with Crippen molar-refractivity contribution in [2.75, 3.05) is 31.2 Å². The minimum atomic E-state index is -1.38. The van der Waals surface area contributed by atoms with Crippen LogP contribution in [0.25, 0.3) is 0 Å². The van der Waals surface area contributed by atoms with Crippen molar-refractivity contribution in [1.82, 2.24) is 0 Å². The molecule has 0 saturated carbocycles. The first kappa shape index (κ1) is 18.9. The van der Waals surface area contributed by atoms with Crippen LogP contribution in [0.4, 0.5) is 5.69 Å². The van der Waals surface area contributed by atoms with Gasteiger partial charge in [0.05, 0.1) is 6.61 Å². The van der Waals surface area contributed by atoms with E-state index in [0.717, 1.165) is 18.8 Å². The molecule has 2 aromatic carbocycles. The lowest BCUT2D eigenvalue weighted by atomic mass is 9.84. The van der Waals surface area contributed by atoms with Gasteiger partial charge in [0, 0.05) is 24.3 Å². The average Bonchev–Trinajstić information content (AvgIpc) is 2.75. The minimum absolute atomic E-state index is 0.0602. The van der Waals surface area contributed by atoms with E-state index in [1.165, 1.54) is 19.3 Å². The standard InChI is InChI=1S/C22H24N2O3/c1-2-22(23-26,19-8-12-21(13-9-19)27-17-16-25)18-6-10-20(11-7-18)24-14-4-3-5-15-24/h1,6-13,25H,3-5,14-17H2. The van der Waals surface area contributed by atoms with E-state index in [0.29, 0.717) is 16.9 Å². The fraction of sp³-hybridized carbons (Fsp3) is 0.364. The molecule has 3 rings (SSSR count). The van der Waals surface area contributed by atoms with Crippen LogP contribution < -0.4 is 9.64 Å². The summed E-state index contributed by atoms with van der Waals surface area (Å²) in [5.74, 6) is 3.19. The van der Waals surface area contributed by atoms with Crippen molar-refractivity contribution in [1.29, 1.82) is 0 Å². The van der Waals surface area contributed by atoms with E-state index in [1.807, 2.05) is 24.3 Å². The first-order valence-electron chi connectivity index (χ1n) is 9.25. The molecule has 1 atom stereocenters. The number of piperidine rings is 1. The molecule has 0 spiro atoms. The van der Waals surface area contributed by atoms with Gasteiger partial charge in [0.15, 0.2) is 0 Å². The Morgan fingerprint density at radius 3 is 2.15 bits per heavy atom. The Balaban J connectivity index is 1.87. The van der Waals surface area contributed by atoms with Crippen LogP contribution in [0, 0.1) is 17.3 Å². The van der Waals surface area contributed by atoms with Crippen molar-refractivity contribution in [2.45, 2.75) is 24.8 Å².